The first-order valence-corrected chi connectivity index (χ1v) is 10.0. The first-order chi connectivity index (χ1) is 13.6. The number of hydrogen-bond acceptors (Lipinski definition) is 6. The molecule has 0 bridgehead atoms. The molecule has 1 aliphatic rings. The van der Waals surface area contributed by atoms with Crippen LogP contribution in [0.1, 0.15) is 39.6 Å². The Morgan fingerprint density at radius 3 is 2.86 bits per heavy atom. The van der Waals surface area contributed by atoms with Gasteiger partial charge >= 0.3 is 0 Å². The zero-order chi connectivity index (χ0) is 19.3. The molecule has 0 fully saturated rings. The van der Waals surface area contributed by atoms with Gasteiger partial charge in [0.2, 0.25) is 5.82 Å². The van der Waals surface area contributed by atoms with Gasteiger partial charge in [0.25, 0.3) is 11.7 Å². The fraction of sp³-hybridized carbons (Fsp3) is 0.250. The summed E-state index contributed by atoms with van der Waals surface area (Å²) >= 11 is 1.39. The number of nitrogens with one attached hydrogen (secondary N) is 1. The average Bonchev–Trinajstić information content (AvgIpc) is 3.39. The van der Waals surface area contributed by atoms with Crippen molar-refractivity contribution in [3.8, 4) is 11.3 Å². The molecule has 1 amide bonds. The molecule has 0 unspecified atom stereocenters. The summed E-state index contributed by atoms with van der Waals surface area (Å²) in [5.74, 6) is 0.105. The fourth-order valence-corrected chi connectivity index (χ4v) is 4.33. The summed E-state index contributed by atoms with van der Waals surface area (Å²) in [6, 6.07) is 8.40. The van der Waals surface area contributed by atoms with E-state index in [4.69, 9.17) is 0 Å². The number of nitrogens with zero attached hydrogens (tertiary/aromatic N) is 5. The lowest BCUT2D eigenvalue weighted by atomic mass is 10.1. The van der Waals surface area contributed by atoms with Crippen molar-refractivity contribution in [3.05, 3.63) is 58.0 Å². The van der Waals surface area contributed by atoms with Crippen LogP contribution in [0.2, 0.25) is 0 Å². The van der Waals surface area contributed by atoms with E-state index in [9.17, 15) is 4.79 Å². The van der Waals surface area contributed by atoms with Crippen LogP contribution < -0.4 is 5.32 Å². The number of fused-ring (bicyclic) bond motifs is 2. The molecule has 8 heteroatoms. The van der Waals surface area contributed by atoms with Gasteiger partial charge in [-0.1, -0.05) is 12.1 Å². The van der Waals surface area contributed by atoms with E-state index in [1.807, 2.05) is 25.3 Å². The Morgan fingerprint density at radius 2 is 1.96 bits per heavy atom. The molecule has 3 heterocycles. The maximum atomic E-state index is 12.6. The van der Waals surface area contributed by atoms with Crippen molar-refractivity contribution < 1.29 is 4.79 Å². The summed E-state index contributed by atoms with van der Waals surface area (Å²) in [5, 5.41) is 9.54. The SMILES string of the molecule is Cc1cc(C)n2nc(C(=O)Nc3nc(-c4ccc5c(c4)CCC5)cs3)nc2n1. The van der Waals surface area contributed by atoms with E-state index >= 15 is 0 Å². The van der Waals surface area contributed by atoms with Gasteiger partial charge in [-0.05, 0) is 56.4 Å². The number of carbonyl (C=O) groups is 1. The molecule has 7 nitrogen and oxygen atoms in total. The van der Waals surface area contributed by atoms with Crippen molar-refractivity contribution in [2.75, 3.05) is 5.32 Å². The van der Waals surface area contributed by atoms with Crippen molar-refractivity contribution >= 4 is 28.2 Å². The highest BCUT2D eigenvalue weighted by Crippen LogP contribution is 2.30. The number of aromatic nitrogens is 5. The van der Waals surface area contributed by atoms with Gasteiger partial charge in [0.1, 0.15) is 0 Å². The van der Waals surface area contributed by atoms with E-state index < -0.39 is 5.91 Å². The maximum Gasteiger partial charge on any atom is 0.297 e. The molecule has 0 saturated carbocycles. The molecule has 0 radical (unpaired) electrons. The summed E-state index contributed by atoms with van der Waals surface area (Å²) in [4.78, 5) is 25.7. The normalized spacial score (nSPS) is 13.1. The molecule has 1 aliphatic carbocycles. The van der Waals surface area contributed by atoms with E-state index in [0.717, 1.165) is 35.5 Å². The number of thiazole rings is 1. The first kappa shape index (κ1) is 17.0. The molecule has 1 aromatic carbocycles. The number of carbonyl (C=O) groups excluding carboxylic acids is 1. The summed E-state index contributed by atoms with van der Waals surface area (Å²) in [6.45, 7) is 3.79. The van der Waals surface area contributed by atoms with E-state index in [1.54, 1.807) is 4.52 Å². The number of benzene rings is 1. The van der Waals surface area contributed by atoms with Gasteiger partial charge in [-0.3, -0.25) is 10.1 Å². The summed E-state index contributed by atoms with van der Waals surface area (Å²) in [6.07, 6.45) is 3.51. The van der Waals surface area contributed by atoms with Crippen molar-refractivity contribution in [3.63, 3.8) is 0 Å². The maximum absolute atomic E-state index is 12.6. The molecule has 28 heavy (non-hydrogen) atoms. The second-order valence-electron chi connectivity index (χ2n) is 7.02. The van der Waals surface area contributed by atoms with Crippen LogP contribution in [0.4, 0.5) is 5.13 Å². The van der Waals surface area contributed by atoms with Crippen LogP contribution in [0.5, 0.6) is 0 Å². The standard InChI is InChI=1S/C20H18N6OS/c1-11-8-12(2)26-19(21-11)23-17(25-26)18(27)24-20-22-16(10-28-20)15-7-6-13-4-3-5-14(13)9-15/h6-10H,3-5H2,1-2H3,(H,22,24,27). The largest absolute Gasteiger partial charge is 0.297 e. The van der Waals surface area contributed by atoms with Gasteiger partial charge in [0.05, 0.1) is 5.69 Å². The van der Waals surface area contributed by atoms with E-state index in [2.05, 4.69) is 43.6 Å². The van der Waals surface area contributed by atoms with Crippen LogP contribution in [0, 0.1) is 13.8 Å². The van der Waals surface area contributed by atoms with Gasteiger partial charge in [-0.15, -0.1) is 16.4 Å². The third-order valence-corrected chi connectivity index (χ3v) is 5.70. The predicted octanol–water partition coefficient (Wildman–Crippen LogP) is 3.61. The Balaban J connectivity index is 1.38. The molecule has 1 N–H and O–H groups in total. The number of amides is 1. The molecule has 0 spiro atoms. The lowest BCUT2D eigenvalue weighted by molar-refractivity contribution is 0.101. The van der Waals surface area contributed by atoms with Gasteiger partial charge in [-0.25, -0.2) is 14.5 Å². The third-order valence-electron chi connectivity index (χ3n) is 4.94. The van der Waals surface area contributed by atoms with Crippen LogP contribution in [0.15, 0.2) is 29.6 Å². The fourth-order valence-electron chi connectivity index (χ4n) is 3.61. The van der Waals surface area contributed by atoms with E-state index in [0.29, 0.717) is 10.9 Å². The number of aryl methyl sites for hydroxylation is 4. The molecule has 140 valence electrons. The van der Waals surface area contributed by atoms with Crippen LogP contribution in [0.3, 0.4) is 0 Å². The van der Waals surface area contributed by atoms with Gasteiger partial charge in [0.15, 0.2) is 5.13 Å². The lowest BCUT2D eigenvalue weighted by Crippen LogP contribution is -2.13. The number of anilines is 1. The highest BCUT2D eigenvalue weighted by atomic mass is 32.1. The summed E-state index contributed by atoms with van der Waals surface area (Å²) in [5.41, 5.74) is 6.50. The van der Waals surface area contributed by atoms with E-state index in [-0.39, 0.29) is 5.82 Å². The van der Waals surface area contributed by atoms with Crippen molar-refractivity contribution in [1.29, 1.82) is 0 Å². The number of hydrogen-bond donors (Lipinski definition) is 1. The van der Waals surface area contributed by atoms with Crippen LogP contribution in [-0.2, 0) is 12.8 Å². The Kier molecular flexibility index (Phi) is 3.94. The summed E-state index contributed by atoms with van der Waals surface area (Å²) in [7, 11) is 0. The third kappa shape index (κ3) is 2.95. The minimum atomic E-state index is -0.391. The zero-order valence-electron chi connectivity index (χ0n) is 15.6. The van der Waals surface area contributed by atoms with E-state index in [1.165, 1.54) is 28.9 Å². The first-order valence-electron chi connectivity index (χ1n) is 9.17. The van der Waals surface area contributed by atoms with Gasteiger partial charge in [-0.2, -0.15) is 4.98 Å². The second kappa shape index (κ2) is 6.49. The molecule has 4 aromatic rings. The number of rotatable bonds is 3. The zero-order valence-corrected chi connectivity index (χ0v) is 16.4. The summed E-state index contributed by atoms with van der Waals surface area (Å²) < 4.78 is 1.57. The van der Waals surface area contributed by atoms with Crippen molar-refractivity contribution in [2.45, 2.75) is 33.1 Å². The quantitative estimate of drug-likeness (QED) is 0.578. The Labute approximate surface area is 165 Å². The molecule has 3 aromatic heterocycles. The molecular weight excluding hydrogens is 372 g/mol. The van der Waals surface area contributed by atoms with Crippen LogP contribution in [0.25, 0.3) is 17.0 Å². The Hall–Kier alpha value is -3.13. The van der Waals surface area contributed by atoms with Gasteiger partial charge < -0.3 is 0 Å². The highest BCUT2D eigenvalue weighted by molar-refractivity contribution is 7.14. The monoisotopic (exact) mass is 390 g/mol. The predicted molar refractivity (Wildman–Crippen MR) is 108 cm³/mol. The van der Waals surface area contributed by atoms with Gasteiger partial charge in [0, 0.05) is 22.3 Å². The smallest absolute Gasteiger partial charge is 0.295 e. The minimum Gasteiger partial charge on any atom is -0.295 e. The lowest BCUT2D eigenvalue weighted by Gasteiger charge is -2.02. The minimum absolute atomic E-state index is 0.0791. The molecule has 0 atom stereocenters. The Bertz CT molecular complexity index is 1220. The van der Waals surface area contributed by atoms with Crippen LogP contribution >= 0.6 is 11.3 Å². The van der Waals surface area contributed by atoms with Crippen molar-refractivity contribution in [1.82, 2.24) is 24.6 Å². The molecule has 0 saturated heterocycles. The average molecular weight is 390 g/mol. The molecule has 5 rings (SSSR count). The second-order valence-corrected chi connectivity index (χ2v) is 7.87. The van der Waals surface area contributed by atoms with Crippen LogP contribution in [-0.4, -0.2) is 30.5 Å². The van der Waals surface area contributed by atoms with Crippen molar-refractivity contribution in [2.24, 2.45) is 0 Å². The topological polar surface area (TPSA) is 85.1 Å². The Morgan fingerprint density at radius 1 is 1.11 bits per heavy atom. The molecular formula is C20H18N6OS. The molecule has 0 aliphatic heterocycles. The highest BCUT2D eigenvalue weighted by Gasteiger charge is 2.17.